The Hall–Kier alpha value is -1.91. The van der Waals surface area contributed by atoms with E-state index >= 15 is 0 Å². The largest absolute Gasteiger partial charge is 0.465 e. The van der Waals surface area contributed by atoms with Crippen LogP contribution in [-0.2, 0) is 23.9 Å². The Kier molecular flexibility index (Phi) is 5.59. The van der Waals surface area contributed by atoms with Crippen LogP contribution in [0, 0.1) is 22.7 Å². The molecular formula is C22H30O5. The maximum absolute atomic E-state index is 12.5. The summed E-state index contributed by atoms with van der Waals surface area (Å²) >= 11 is 0. The topological polar surface area (TPSA) is 69.7 Å². The van der Waals surface area contributed by atoms with Gasteiger partial charge in [0.2, 0.25) is 0 Å². The van der Waals surface area contributed by atoms with Gasteiger partial charge in [-0.05, 0) is 56.4 Å². The monoisotopic (exact) mass is 374 g/mol. The third kappa shape index (κ3) is 3.61. The highest BCUT2D eigenvalue weighted by molar-refractivity contribution is 5.90. The SMILES string of the molecule is C=C1CCC2C(C)(COC(C)=O)CCCC2(C=O)C1CCC1=CCOC1=O. The second kappa shape index (κ2) is 7.61. The molecule has 5 nitrogen and oxygen atoms in total. The second-order valence-corrected chi connectivity index (χ2v) is 8.69. The fourth-order valence-corrected chi connectivity index (χ4v) is 5.75. The van der Waals surface area contributed by atoms with Crippen LogP contribution in [0.15, 0.2) is 23.8 Å². The Morgan fingerprint density at radius 2 is 2.22 bits per heavy atom. The zero-order valence-electron chi connectivity index (χ0n) is 16.4. The van der Waals surface area contributed by atoms with Crippen LogP contribution in [-0.4, -0.2) is 31.4 Å². The Bertz CT molecular complexity index is 678. The smallest absolute Gasteiger partial charge is 0.334 e. The summed E-state index contributed by atoms with van der Waals surface area (Å²) in [7, 11) is 0. The zero-order chi connectivity index (χ0) is 19.7. The molecule has 2 saturated carbocycles. The Morgan fingerprint density at radius 1 is 1.44 bits per heavy atom. The fraction of sp³-hybridized carbons (Fsp3) is 0.682. The molecule has 0 spiro atoms. The van der Waals surface area contributed by atoms with Crippen molar-refractivity contribution in [2.75, 3.05) is 13.2 Å². The van der Waals surface area contributed by atoms with Crippen molar-refractivity contribution in [1.29, 1.82) is 0 Å². The molecule has 5 heteroatoms. The summed E-state index contributed by atoms with van der Waals surface area (Å²) in [4.78, 5) is 35.7. The molecule has 4 atom stereocenters. The lowest BCUT2D eigenvalue weighted by Gasteiger charge is -2.57. The molecule has 4 unspecified atom stereocenters. The molecule has 2 aliphatic carbocycles. The number of hydrogen-bond donors (Lipinski definition) is 0. The number of hydrogen-bond acceptors (Lipinski definition) is 5. The summed E-state index contributed by atoms with van der Waals surface area (Å²) in [6, 6.07) is 0. The van der Waals surface area contributed by atoms with Gasteiger partial charge in [-0.15, -0.1) is 0 Å². The second-order valence-electron chi connectivity index (χ2n) is 8.69. The maximum Gasteiger partial charge on any atom is 0.334 e. The third-order valence-electron chi connectivity index (χ3n) is 7.08. The number of carbonyl (C=O) groups is 3. The van der Waals surface area contributed by atoms with Crippen molar-refractivity contribution in [1.82, 2.24) is 0 Å². The van der Waals surface area contributed by atoms with E-state index in [0.717, 1.165) is 50.4 Å². The summed E-state index contributed by atoms with van der Waals surface area (Å²) in [6.45, 7) is 8.58. The molecule has 0 bridgehead atoms. The molecule has 0 aromatic carbocycles. The molecule has 0 radical (unpaired) electrons. The van der Waals surface area contributed by atoms with Gasteiger partial charge in [0.15, 0.2) is 0 Å². The van der Waals surface area contributed by atoms with E-state index in [1.807, 2.05) is 6.08 Å². The molecule has 0 aromatic heterocycles. The zero-order valence-corrected chi connectivity index (χ0v) is 16.4. The highest BCUT2D eigenvalue weighted by Crippen LogP contribution is 2.61. The van der Waals surface area contributed by atoms with Gasteiger partial charge in [0.1, 0.15) is 12.9 Å². The molecule has 148 valence electrons. The highest BCUT2D eigenvalue weighted by Gasteiger charge is 2.57. The lowest BCUT2D eigenvalue weighted by atomic mass is 9.46. The van der Waals surface area contributed by atoms with E-state index in [1.165, 1.54) is 6.92 Å². The number of fused-ring (bicyclic) bond motifs is 1. The fourth-order valence-electron chi connectivity index (χ4n) is 5.75. The summed E-state index contributed by atoms with van der Waals surface area (Å²) in [5.74, 6) is -0.297. The predicted octanol–water partition coefficient (Wildman–Crippen LogP) is 3.77. The lowest BCUT2D eigenvalue weighted by molar-refractivity contribution is -0.156. The highest BCUT2D eigenvalue weighted by atomic mass is 16.5. The molecule has 3 rings (SSSR count). The minimum atomic E-state index is -0.481. The molecule has 1 heterocycles. The average Bonchev–Trinajstić information content (AvgIpc) is 3.04. The quantitative estimate of drug-likeness (QED) is 0.402. The summed E-state index contributed by atoms with van der Waals surface area (Å²) < 4.78 is 10.4. The molecule has 3 aliphatic rings. The number of ether oxygens (including phenoxy) is 2. The van der Waals surface area contributed by atoms with Crippen molar-refractivity contribution in [2.24, 2.45) is 22.7 Å². The Morgan fingerprint density at radius 3 is 2.85 bits per heavy atom. The summed E-state index contributed by atoms with van der Waals surface area (Å²) in [5.41, 5.74) is 1.15. The van der Waals surface area contributed by atoms with Gasteiger partial charge in [-0.25, -0.2) is 4.79 Å². The van der Waals surface area contributed by atoms with Crippen molar-refractivity contribution in [3.8, 4) is 0 Å². The van der Waals surface area contributed by atoms with Gasteiger partial charge >= 0.3 is 11.9 Å². The van der Waals surface area contributed by atoms with Gasteiger partial charge in [-0.2, -0.15) is 0 Å². The van der Waals surface area contributed by atoms with E-state index in [9.17, 15) is 14.4 Å². The third-order valence-corrected chi connectivity index (χ3v) is 7.08. The molecule has 27 heavy (non-hydrogen) atoms. The molecule has 0 saturated heterocycles. The number of aldehydes is 1. The Labute approximate surface area is 161 Å². The van der Waals surface area contributed by atoms with Gasteiger partial charge in [-0.3, -0.25) is 4.79 Å². The first kappa shape index (κ1) is 19.8. The van der Waals surface area contributed by atoms with Gasteiger partial charge < -0.3 is 14.3 Å². The minimum Gasteiger partial charge on any atom is -0.465 e. The van der Waals surface area contributed by atoms with Crippen molar-refractivity contribution in [2.45, 2.75) is 58.8 Å². The van der Waals surface area contributed by atoms with E-state index in [4.69, 9.17) is 9.47 Å². The van der Waals surface area contributed by atoms with Crippen LogP contribution >= 0.6 is 0 Å². The first-order valence-corrected chi connectivity index (χ1v) is 9.96. The van der Waals surface area contributed by atoms with Crippen molar-refractivity contribution in [3.05, 3.63) is 23.8 Å². The molecule has 0 aromatic rings. The first-order valence-electron chi connectivity index (χ1n) is 9.96. The van der Waals surface area contributed by atoms with Crippen molar-refractivity contribution in [3.63, 3.8) is 0 Å². The first-order chi connectivity index (χ1) is 12.8. The van der Waals surface area contributed by atoms with E-state index in [1.54, 1.807) is 0 Å². The van der Waals surface area contributed by atoms with Crippen LogP contribution in [0.3, 0.4) is 0 Å². The van der Waals surface area contributed by atoms with Crippen LogP contribution < -0.4 is 0 Å². The number of carbonyl (C=O) groups excluding carboxylic acids is 3. The van der Waals surface area contributed by atoms with E-state index < -0.39 is 5.41 Å². The number of allylic oxidation sites excluding steroid dienone is 1. The van der Waals surface area contributed by atoms with E-state index in [-0.39, 0.29) is 29.2 Å². The van der Waals surface area contributed by atoms with E-state index in [2.05, 4.69) is 13.5 Å². The normalized spacial score (nSPS) is 35.9. The predicted molar refractivity (Wildman–Crippen MR) is 101 cm³/mol. The van der Waals surface area contributed by atoms with Crippen molar-refractivity contribution >= 4 is 18.2 Å². The van der Waals surface area contributed by atoms with E-state index in [0.29, 0.717) is 25.2 Å². The van der Waals surface area contributed by atoms with Gasteiger partial charge in [0, 0.05) is 23.3 Å². The molecule has 1 aliphatic heterocycles. The minimum absolute atomic E-state index is 0.0556. The number of esters is 2. The van der Waals surface area contributed by atoms with Crippen LogP contribution in [0.1, 0.15) is 58.8 Å². The van der Waals surface area contributed by atoms with Gasteiger partial charge in [0.05, 0.1) is 6.61 Å². The molecule has 0 N–H and O–H groups in total. The van der Waals surface area contributed by atoms with Crippen molar-refractivity contribution < 1.29 is 23.9 Å². The number of rotatable bonds is 6. The average molecular weight is 374 g/mol. The maximum atomic E-state index is 12.5. The van der Waals surface area contributed by atoms with Crippen LogP contribution in [0.25, 0.3) is 0 Å². The van der Waals surface area contributed by atoms with Crippen LogP contribution in [0.4, 0.5) is 0 Å². The van der Waals surface area contributed by atoms with Gasteiger partial charge in [-0.1, -0.05) is 25.5 Å². The molecule has 0 amide bonds. The van der Waals surface area contributed by atoms with Crippen LogP contribution in [0.5, 0.6) is 0 Å². The Balaban J connectivity index is 1.84. The summed E-state index contributed by atoms with van der Waals surface area (Å²) in [5, 5.41) is 0. The summed E-state index contributed by atoms with van der Waals surface area (Å²) in [6.07, 6.45) is 8.84. The number of cyclic esters (lactones) is 1. The van der Waals surface area contributed by atoms with Crippen LogP contribution in [0.2, 0.25) is 0 Å². The standard InChI is InChI=1S/C22H30O5/c1-15-5-8-19-21(3,14-27-16(2)24)10-4-11-22(19,13-23)18(15)7-6-17-9-12-26-20(17)25/h9,13,18-19H,1,4-8,10-12,14H2,2-3H3. The van der Waals surface area contributed by atoms with Gasteiger partial charge in [0.25, 0.3) is 0 Å². The molecular weight excluding hydrogens is 344 g/mol. The molecule has 2 fully saturated rings. The lowest BCUT2D eigenvalue weighted by Crippen LogP contribution is -2.54.